The van der Waals surface area contributed by atoms with Crippen molar-refractivity contribution < 1.29 is 4.74 Å². The molecule has 1 atom stereocenters. The summed E-state index contributed by atoms with van der Waals surface area (Å²) in [4.78, 5) is 11.2. The molecule has 0 radical (unpaired) electrons. The van der Waals surface area contributed by atoms with Crippen LogP contribution in [0.3, 0.4) is 0 Å². The number of aromatic nitrogens is 2. The van der Waals surface area contributed by atoms with Crippen LogP contribution in [-0.2, 0) is 17.9 Å². The highest BCUT2D eigenvalue weighted by molar-refractivity contribution is 8.01. The molecule has 0 aromatic carbocycles. The first-order chi connectivity index (χ1) is 10.8. The highest BCUT2D eigenvalue weighted by atomic mass is 32.2. The van der Waals surface area contributed by atoms with E-state index in [1.54, 1.807) is 11.3 Å². The Kier molecular flexibility index (Phi) is 4.17. The van der Waals surface area contributed by atoms with Gasteiger partial charge in [-0.05, 0) is 18.6 Å². The molecule has 2 aromatic rings. The van der Waals surface area contributed by atoms with Crippen LogP contribution in [-0.4, -0.2) is 44.6 Å². The number of thiazole rings is 1. The maximum absolute atomic E-state index is 6.05. The van der Waals surface area contributed by atoms with Crippen molar-refractivity contribution in [2.24, 2.45) is 0 Å². The van der Waals surface area contributed by atoms with Crippen molar-refractivity contribution in [2.45, 2.75) is 30.4 Å². The van der Waals surface area contributed by atoms with Crippen molar-refractivity contribution in [2.75, 3.05) is 18.8 Å². The van der Waals surface area contributed by atoms with Crippen LogP contribution in [0, 0.1) is 0 Å². The number of nitrogens with zero attached hydrogens (tertiary/aromatic N) is 3. The summed E-state index contributed by atoms with van der Waals surface area (Å²) in [5.41, 5.74) is 1.02. The van der Waals surface area contributed by atoms with E-state index in [2.05, 4.69) is 32.0 Å². The summed E-state index contributed by atoms with van der Waals surface area (Å²) >= 11 is 3.83. The number of pyridine rings is 1. The van der Waals surface area contributed by atoms with Gasteiger partial charge in [0.2, 0.25) is 0 Å². The predicted octanol–water partition coefficient (Wildman–Crippen LogP) is 2.81. The van der Waals surface area contributed by atoms with Gasteiger partial charge >= 0.3 is 0 Å². The van der Waals surface area contributed by atoms with E-state index in [0.29, 0.717) is 17.5 Å². The summed E-state index contributed by atoms with van der Waals surface area (Å²) in [6.45, 7) is 3.96. The van der Waals surface area contributed by atoms with Crippen LogP contribution in [0.25, 0.3) is 0 Å². The predicted molar refractivity (Wildman–Crippen MR) is 90.0 cm³/mol. The van der Waals surface area contributed by atoms with Crippen LogP contribution < -0.4 is 0 Å². The Hall–Kier alpha value is -0.950. The highest BCUT2D eigenvalue weighted by Crippen LogP contribution is 2.46. The minimum absolute atomic E-state index is 0.369. The number of thioether (sulfide) groups is 1. The van der Waals surface area contributed by atoms with Gasteiger partial charge in [-0.25, -0.2) is 4.98 Å². The summed E-state index contributed by atoms with van der Waals surface area (Å²) in [7, 11) is 0. The maximum atomic E-state index is 6.05. The molecule has 4 rings (SSSR count). The summed E-state index contributed by atoms with van der Waals surface area (Å²) in [5, 5.41) is 3.28. The molecule has 4 nitrogen and oxygen atoms in total. The molecule has 0 saturated carbocycles. The fraction of sp³-hybridized carbons (Fsp3) is 0.500. The van der Waals surface area contributed by atoms with E-state index < -0.39 is 0 Å². The standard InChI is InChI=1S/C16H19N3OS2/c1-2-4-17-13(3-1)9-20-14-7-16(22-10-14)11-19(12-16)8-15-18-5-6-21-15/h1-6,14H,7-12H2. The number of hydrogen-bond acceptors (Lipinski definition) is 6. The van der Waals surface area contributed by atoms with Crippen molar-refractivity contribution in [3.8, 4) is 0 Å². The Bertz CT molecular complexity index is 599. The zero-order valence-corrected chi connectivity index (χ0v) is 14.0. The molecule has 2 fully saturated rings. The van der Waals surface area contributed by atoms with Gasteiger partial charge in [-0.15, -0.1) is 23.1 Å². The molecule has 0 bridgehead atoms. The van der Waals surface area contributed by atoms with E-state index >= 15 is 0 Å². The molecule has 1 unspecified atom stereocenters. The summed E-state index contributed by atoms with van der Waals surface area (Å²) < 4.78 is 6.47. The second-order valence-corrected chi connectivity index (χ2v) is 8.49. The second-order valence-electron chi connectivity index (χ2n) is 6.02. The number of hydrogen-bond donors (Lipinski definition) is 0. The Morgan fingerprint density at radius 1 is 1.27 bits per heavy atom. The maximum Gasteiger partial charge on any atom is 0.107 e. The highest BCUT2D eigenvalue weighted by Gasteiger charge is 2.49. The first kappa shape index (κ1) is 14.6. The van der Waals surface area contributed by atoms with Crippen LogP contribution in [0.4, 0.5) is 0 Å². The Labute approximate surface area is 138 Å². The fourth-order valence-corrected chi connectivity index (χ4v) is 5.48. The van der Waals surface area contributed by atoms with Gasteiger partial charge in [0, 0.05) is 41.4 Å². The molecule has 2 aliphatic heterocycles. The van der Waals surface area contributed by atoms with E-state index in [0.717, 1.165) is 18.0 Å². The lowest BCUT2D eigenvalue weighted by Crippen LogP contribution is -2.58. The smallest absolute Gasteiger partial charge is 0.107 e. The number of likely N-dealkylation sites (tertiary alicyclic amines) is 1. The summed E-state index contributed by atoms with van der Waals surface area (Å²) in [6, 6.07) is 5.98. The quantitative estimate of drug-likeness (QED) is 0.841. The topological polar surface area (TPSA) is 38.2 Å². The van der Waals surface area contributed by atoms with E-state index in [1.807, 2.05) is 30.6 Å². The van der Waals surface area contributed by atoms with Crippen molar-refractivity contribution in [3.63, 3.8) is 0 Å². The van der Waals surface area contributed by atoms with Gasteiger partial charge in [-0.3, -0.25) is 9.88 Å². The molecule has 2 aliphatic rings. The van der Waals surface area contributed by atoms with Gasteiger partial charge in [0.15, 0.2) is 0 Å². The Balaban J connectivity index is 1.23. The van der Waals surface area contributed by atoms with Gasteiger partial charge in [-0.2, -0.15) is 0 Å². The molecule has 0 aliphatic carbocycles. The molecule has 116 valence electrons. The average molecular weight is 333 g/mol. The van der Waals surface area contributed by atoms with Gasteiger partial charge in [0.1, 0.15) is 5.01 Å². The fourth-order valence-electron chi connectivity index (χ4n) is 3.22. The third-order valence-corrected chi connectivity index (χ3v) is 6.57. The van der Waals surface area contributed by atoms with Gasteiger partial charge < -0.3 is 4.74 Å². The molecule has 1 spiro atoms. The largest absolute Gasteiger partial charge is 0.371 e. The minimum Gasteiger partial charge on any atom is -0.371 e. The molecular formula is C16H19N3OS2. The zero-order chi connectivity index (χ0) is 14.8. The molecule has 4 heterocycles. The summed E-state index contributed by atoms with van der Waals surface area (Å²) in [6.07, 6.45) is 5.25. The monoisotopic (exact) mass is 333 g/mol. The van der Waals surface area contributed by atoms with Crippen LogP contribution in [0.5, 0.6) is 0 Å². The Morgan fingerprint density at radius 2 is 2.23 bits per heavy atom. The van der Waals surface area contributed by atoms with Crippen LogP contribution in [0.2, 0.25) is 0 Å². The van der Waals surface area contributed by atoms with E-state index in [9.17, 15) is 0 Å². The molecular weight excluding hydrogens is 314 g/mol. The third kappa shape index (κ3) is 3.20. The molecule has 22 heavy (non-hydrogen) atoms. The molecule has 2 saturated heterocycles. The van der Waals surface area contributed by atoms with Gasteiger partial charge in [-0.1, -0.05) is 6.07 Å². The van der Waals surface area contributed by atoms with Crippen molar-refractivity contribution in [1.82, 2.24) is 14.9 Å². The lowest BCUT2D eigenvalue weighted by atomic mass is 9.93. The van der Waals surface area contributed by atoms with Crippen LogP contribution in [0.1, 0.15) is 17.1 Å². The average Bonchev–Trinajstić information content (AvgIpc) is 3.16. The molecule has 0 N–H and O–H groups in total. The van der Waals surface area contributed by atoms with Gasteiger partial charge in [0.25, 0.3) is 0 Å². The molecule has 6 heteroatoms. The van der Waals surface area contributed by atoms with E-state index in [-0.39, 0.29) is 0 Å². The normalized spacial score (nSPS) is 23.7. The van der Waals surface area contributed by atoms with Gasteiger partial charge in [0.05, 0.1) is 24.9 Å². The first-order valence-electron chi connectivity index (χ1n) is 7.58. The number of rotatable bonds is 5. The van der Waals surface area contributed by atoms with Crippen LogP contribution in [0.15, 0.2) is 36.0 Å². The van der Waals surface area contributed by atoms with Crippen LogP contribution >= 0.6 is 23.1 Å². The van der Waals surface area contributed by atoms with Crippen molar-refractivity contribution >= 4 is 23.1 Å². The van der Waals surface area contributed by atoms with Crippen molar-refractivity contribution in [1.29, 1.82) is 0 Å². The van der Waals surface area contributed by atoms with E-state index in [1.165, 1.54) is 24.5 Å². The molecule has 2 aromatic heterocycles. The lowest BCUT2D eigenvalue weighted by molar-refractivity contribution is 0.0251. The minimum atomic E-state index is 0.369. The first-order valence-corrected chi connectivity index (χ1v) is 9.44. The molecule has 0 amide bonds. The third-order valence-electron chi connectivity index (χ3n) is 4.23. The lowest BCUT2D eigenvalue weighted by Gasteiger charge is -2.47. The van der Waals surface area contributed by atoms with Crippen molar-refractivity contribution in [3.05, 3.63) is 46.7 Å². The Morgan fingerprint density at radius 3 is 3.00 bits per heavy atom. The number of ether oxygens (including phenoxy) is 1. The zero-order valence-electron chi connectivity index (χ0n) is 12.4. The summed E-state index contributed by atoms with van der Waals surface area (Å²) in [5.74, 6) is 1.11. The van der Waals surface area contributed by atoms with E-state index in [4.69, 9.17) is 4.74 Å². The second kappa shape index (κ2) is 6.28. The SMILES string of the molecule is c1ccc(COC2CSC3(C2)CN(Cc2nccs2)C3)nc1.